The van der Waals surface area contributed by atoms with Gasteiger partial charge in [-0.15, -0.1) is 0 Å². The number of rotatable bonds is 5. The minimum Gasteiger partial charge on any atom is -0.381 e. The summed E-state index contributed by atoms with van der Waals surface area (Å²) in [6, 6.07) is 13.6. The van der Waals surface area contributed by atoms with Crippen LogP contribution in [0.25, 0.3) is 0 Å². The number of likely N-dealkylation sites (tertiary alicyclic amines) is 1. The lowest BCUT2D eigenvalue weighted by Crippen LogP contribution is -2.58. The van der Waals surface area contributed by atoms with Gasteiger partial charge in [0.25, 0.3) is 0 Å². The van der Waals surface area contributed by atoms with Crippen LogP contribution in [0.3, 0.4) is 0 Å². The Morgan fingerprint density at radius 1 is 1.00 bits per heavy atom. The third kappa shape index (κ3) is 7.87. The van der Waals surface area contributed by atoms with E-state index in [1.165, 1.54) is 18.2 Å². The zero-order valence-corrected chi connectivity index (χ0v) is 24.6. The van der Waals surface area contributed by atoms with Crippen molar-refractivity contribution >= 4 is 23.4 Å². The molecule has 0 saturated carbocycles. The number of halogens is 3. The molecule has 2 saturated heterocycles. The molecule has 0 aliphatic carbocycles. The van der Waals surface area contributed by atoms with Crippen LogP contribution in [0.1, 0.15) is 43.2 Å². The van der Waals surface area contributed by atoms with Crippen LogP contribution in [0.15, 0.2) is 66.7 Å². The number of ether oxygens (including phenoxy) is 1. The fourth-order valence-electron chi connectivity index (χ4n) is 6.43. The van der Waals surface area contributed by atoms with Crippen LogP contribution >= 0.6 is 0 Å². The smallest absolute Gasteiger partial charge is 0.381 e. The lowest BCUT2D eigenvalue weighted by Gasteiger charge is -2.40. The van der Waals surface area contributed by atoms with Crippen LogP contribution in [0.2, 0.25) is 0 Å². The Morgan fingerprint density at radius 3 is 2.48 bits per heavy atom. The first-order chi connectivity index (χ1) is 21.1. The molecule has 3 N–H and O–H groups in total. The minimum atomic E-state index is -4.58. The van der Waals surface area contributed by atoms with E-state index < -0.39 is 29.1 Å². The quantitative estimate of drug-likeness (QED) is 0.437. The Bertz CT molecular complexity index is 1340. The maximum atomic E-state index is 13.7. The van der Waals surface area contributed by atoms with Crippen molar-refractivity contribution < 1.29 is 32.3 Å². The third-order valence-electron chi connectivity index (χ3n) is 8.97. The number of hydrogen-bond acceptors (Lipinski definition) is 5. The second-order valence-corrected chi connectivity index (χ2v) is 12.0. The molecular formula is C33H39F3N4O4. The fourth-order valence-corrected chi connectivity index (χ4v) is 6.43. The molecule has 1 spiro atoms. The molecule has 2 fully saturated rings. The van der Waals surface area contributed by atoms with Gasteiger partial charge >= 0.3 is 6.18 Å². The van der Waals surface area contributed by atoms with Gasteiger partial charge in [-0.25, -0.2) is 0 Å². The summed E-state index contributed by atoms with van der Waals surface area (Å²) in [5.74, 6) is -0.942. The highest BCUT2D eigenvalue weighted by Gasteiger charge is 2.42. The number of anilines is 1. The summed E-state index contributed by atoms with van der Waals surface area (Å²) in [5.41, 5.74) is -0.884. The first-order valence-corrected chi connectivity index (χ1v) is 15.2. The second kappa shape index (κ2) is 13.9. The SMILES string of the molecule is O=C(CN1CC[C@@H]2NC(=O)[C@H](Cc3ccccc3)NC(=O)C3(C/C=C/C[C@@H]2C1)CCOCC3)Nc1ccccc1C(F)(F)F. The minimum absolute atomic E-state index is 0.0302. The van der Waals surface area contributed by atoms with E-state index in [9.17, 15) is 27.6 Å². The third-order valence-corrected chi connectivity index (χ3v) is 8.97. The van der Waals surface area contributed by atoms with Gasteiger partial charge in [0.1, 0.15) is 6.04 Å². The summed E-state index contributed by atoms with van der Waals surface area (Å²) in [6.45, 7) is 1.86. The number of benzene rings is 2. The average molecular weight is 613 g/mol. The van der Waals surface area contributed by atoms with Gasteiger partial charge in [0.05, 0.1) is 23.2 Å². The van der Waals surface area contributed by atoms with Crippen molar-refractivity contribution in [3.8, 4) is 0 Å². The van der Waals surface area contributed by atoms with E-state index in [4.69, 9.17) is 4.74 Å². The van der Waals surface area contributed by atoms with E-state index >= 15 is 0 Å². The molecule has 0 aromatic heterocycles. The maximum absolute atomic E-state index is 13.7. The molecule has 2 aromatic rings. The summed E-state index contributed by atoms with van der Waals surface area (Å²) < 4.78 is 45.8. The largest absolute Gasteiger partial charge is 0.418 e. The van der Waals surface area contributed by atoms with Crippen molar-refractivity contribution in [2.45, 2.75) is 56.8 Å². The Labute approximate surface area is 255 Å². The lowest BCUT2D eigenvalue weighted by atomic mass is 9.75. The molecule has 11 heteroatoms. The molecule has 3 atom stereocenters. The van der Waals surface area contributed by atoms with Gasteiger partial charge in [0.2, 0.25) is 17.7 Å². The molecule has 0 radical (unpaired) electrons. The Hall–Kier alpha value is -3.70. The van der Waals surface area contributed by atoms with Crippen molar-refractivity contribution in [2.24, 2.45) is 11.3 Å². The number of hydrogen-bond donors (Lipinski definition) is 3. The van der Waals surface area contributed by atoms with Gasteiger partial charge in [0, 0.05) is 38.8 Å². The number of carbonyl (C=O) groups excluding carboxylic acids is 3. The Balaban J connectivity index is 1.31. The fraction of sp³-hybridized carbons (Fsp3) is 0.485. The predicted molar refractivity (Wildman–Crippen MR) is 159 cm³/mol. The number of alkyl halides is 3. The second-order valence-electron chi connectivity index (χ2n) is 12.0. The number of allylic oxidation sites excluding steroid dienone is 2. The van der Waals surface area contributed by atoms with E-state index in [1.54, 1.807) is 0 Å². The molecular weight excluding hydrogens is 573 g/mol. The van der Waals surface area contributed by atoms with Crippen molar-refractivity contribution in [3.05, 3.63) is 77.9 Å². The van der Waals surface area contributed by atoms with Gasteiger partial charge in [-0.05, 0) is 55.7 Å². The number of para-hydroxylation sites is 1. The van der Waals surface area contributed by atoms with Crippen LogP contribution in [0.4, 0.5) is 18.9 Å². The summed E-state index contributed by atoms with van der Waals surface area (Å²) in [7, 11) is 0. The van der Waals surface area contributed by atoms with E-state index in [0.717, 1.165) is 11.6 Å². The van der Waals surface area contributed by atoms with Gasteiger partial charge in [-0.1, -0.05) is 54.6 Å². The first kappa shape index (κ1) is 31.7. The molecule has 0 bridgehead atoms. The number of nitrogens with one attached hydrogen (secondary N) is 3. The van der Waals surface area contributed by atoms with Crippen LogP contribution in [0, 0.1) is 11.3 Å². The van der Waals surface area contributed by atoms with Crippen molar-refractivity contribution in [3.63, 3.8) is 0 Å². The predicted octanol–water partition coefficient (Wildman–Crippen LogP) is 4.32. The van der Waals surface area contributed by atoms with Crippen molar-refractivity contribution in [1.29, 1.82) is 0 Å². The maximum Gasteiger partial charge on any atom is 0.418 e. The van der Waals surface area contributed by atoms with Crippen LogP contribution in [-0.2, 0) is 31.7 Å². The van der Waals surface area contributed by atoms with E-state index in [2.05, 4.69) is 16.0 Å². The molecule has 8 nitrogen and oxygen atoms in total. The van der Waals surface area contributed by atoms with E-state index in [0.29, 0.717) is 64.8 Å². The van der Waals surface area contributed by atoms with Crippen LogP contribution in [-0.4, -0.2) is 67.6 Å². The number of fused-ring (bicyclic) bond motifs is 1. The summed E-state index contributed by atoms with van der Waals surface area (Å²) in [5, 5.41) is 8.70. The number of piperidine rings is 1. The standard InChI is InChI=1S/C33H39F3N4O4/c34-33(35,36)25-11-4-5-12-27(25)37-29(41)22-40-17-13-26-24(21-40)10-6-7-14-32(15-18-44-19-16-32)31(43)39-28(30(42)38-26)20-23-8-2-1-3-9-23/h1-9,11-12,24,26,28H,10,13-22H2,(H,37,41)(H,38,42)(H,39,43)/b7-6+/t24-,26+,28+/m1/s1. The zero-order valence-electron chi connectivity index (χ0n) is 24.6. The monoisotopic (exact) mass is 612 g/mol. The Morgan fingerprint density at radius 2 is 1.73 bits per heavy atom. The Kier molecular flexibility index (Phi) is 10.1. The number of amides is 3. The molecule has 2 aromatic carbocycles. The molecule has 3 aliphatic heterocycles. The summed E-state index contributed by atoms with van der Waals surface area (Å²) >= 11 is 0. The van der Waals surface area contributed by atoms with E-state index in [-0.39, 0.29) is 36.0 Å². The highest BCUT2D eigenvalue weighted by Crippen LogP contribution is 2.36. The number of carbonyl (C=O) groups is 3. The van der Waals surface area contributed by atoms with Crippen molar-refractivity contribution in [2.75, 3.05) is 38.2 Å². The molecule has 236 valence electrons. The van der Waals surface area contributed by atoms with Crippen LogP contribution < -0.4 is 16.0 Å². The summed E-state index contributed by atoms with van der Waals surface area (Å²) in [6.07, 6.45) is 2.69. The zero-order chi connectivity index (χ0) is 31.2. The van der Waals surface area contributed by atoms with Crippen molar-refractivity contribution in [1.82, 2.24) is 15.5 Å². The van der Waals surface area contributed by atoms with Gasteiger partial charge in [-0.3, -0.25) is 19.3 Å². The number of nitrogens with zero attached hydrogens (tertiary/aromatic N) is 1. The van der Waals surface area contributed by atoms with E-state index in [1.807, 2.05) is 47.4 Å². The highest BCUT2D eigenvalue weighted by atomic mass is 19.4. The molecule has 3 aliphatic rings. The normalized spacial score (nSPS) is 25.5. The van der Waals surface area contributed by atoms with Gasteiger partial charge in [0.15, 0.2) is 0 Å². The molecule has 3 amide bonds. The molecule has 0 unspecified atom stereocenters. The van der Waals surface area contributed by atoms with Crippen LogP contribution in [0.5, 0.6) is 0 Å². The van der Waals surface area contributed by atoms with Gasteiger partial charge in [-0.2, -0.15) is 13.2 Å². The summed E-state index contributed by atoms with van der Waals surface area (Å²) in [4.78, 5) is 42.2. The topological polar surface area (TPSA) is 99.8 Å². The lowest BCUT2D eigenvalue weighted by molar-refractivity contribution is -0.140. The highest BCUT2D eigenvalue weighted by molar-refractivity contribution is 5.93. The molecule has 5 rings (SSSR count). The van der Waals surface area contributed by atoms with Gasteiger partial charge < -0.3 is 20.7 Å². The molecule has 44 heavy (non-hydrogen) atoms. The first-order valence-electron chi connectivity index (χ1n) is 15.2. The average Bonchev–Trinajstić information content (AvgIpc) is 3.00. The molecule has 3 heterocycles.